The molecule has 1 N–H and O–H groups in total. The van der Waals surface area contributed by atoms with Crippen LogP contribution in [0.4, 0.5) is 0 Å². The van der Waals surface area contributed by atoms with E-state index in [-0.39, 0.29) is 0 Å². The van der Waals surface area contributed by atoms with Gasteiger partial charge in [-0.25, -0.2) is 4.99 Å². The Kier molecular flexibility index (Phi) is 6.59. The van der Waals surface area contributed by atoms with Gasteiger partial charge in [0, 0.05) is 5.57 Å². The molecule has 1 aromatic carbocycles. The van der Waals surface area contributed by atoms with Crippen molar-refractivity contribution in [1.82, 2.24) is 4.98 Å². The number of H-pyrrole nitrogens is 1. The lowest BCUT2D eigenvalue weighted by Crippen LogP contribution is -1.99. The zero-order valence-electron chi connectivity index (χ0n) is 16.4. The molecule has 2 aromatic rings. The van der Waals surface area contributed by atoms with E-state index >= 15 is 0 Å². The summed E-state index contributed by atoms with van der Waals surface area (Å²) in [6, 6.07) is 10.6. The average Bonchev–Trinajstić information content (AvgIpc) is 3.18. The summed E-state index contributed by atoms with van der Waals surface area (Å²) in [5, 5.41) is 0. The first kappa shape index (κ1) is 20.3. The second-order valence-corrected chi connectivity index (χ2v) is 8.18. The Morgan fingerprint density at radius 3 is 2.04 bits per heavy atom. The van der Waals surface area contributed by atoms with E-state index in [2.05, 4.69) is 94.9 Å². The van der Waals surface area contributed by atoms with E-state index in [4.69, 9.17) is 4.99 Å². The first-order chi connectivity index (χ1) is 13.1. The number of rotatable bonds is 6. The third-order valence-electron chi connectivity index (χ3n) is 5.24. The van der Waals surface area contributed by atoms with E-state index in [1.807, 2.05) is 0 Å². The highest BCUT2D eigenvalue weighted by atomic mass is 79.9. The smallest absolute Gasteiger partial charge is 0.110 e. The minimum atomic E-state index is 0.970. The lowest BCUT2D eigenvalue weighted by atomic mass is 9.91. The summed E-state index contributed by atoms with van der Waals surface area (Å²) in [5.74, 6) is 0. The summed E-state index contributed by atoms with van der Waals surface area (Å²) in [4.78, 5) is 8.62. The van der Waals surface area contributed by atoms with E-state index in [0.717, 1.165) is 40.6 Å². The predicted octanol–water partition coefficient (Wildman–Crippen LogP) is 7.59. The second-order valence-electron chi connectivity index (χ2n) is 6.63. The van der Waals surface area contributed by atoms with Gasteiger partial charge in [0.25, 0.3) is 0 Å². The molecule has 0 fully saturated rings. The summed E-state index contributed by atoms with van der Waals surface area (Å²) < 4.78 is 2.06. The number of hydrogen-bond acceptors (Lipinski definition) is 1. The minimum Gasteiger partial charge on any atom is -0.349 e. The summed E-state index contributed by atoms with van der Waals surface area (Å²) in [7, 11) is 0. The van der Waals surface area contributed by atoms with Crippen LogP contribution in [0, 0.1) is 0 Å². The fourth-order valence-corrected chi connectivity index (χ4v) is 5.38. The van der Waals surface area contributed by atoms with Gasteiger partial charge in [-0.2, -0.15) is 0 Å². The third-order valence-corrected chi connectivity index (χ3v) is 6.57. The van der Waals surface area contributed by atoms with Crippen LogP contribution in [-0.4, -0.2) is 9.60 Å². The molecule has 0 saturated carbocycles. The van der Waals surface area contributed by atoms with Gasteiger partial charge in [-0.15, -0.1) is 0 Å². The molecule has 0 spiro atoms. The number of allylic oxidation sites excluding steroid dienone is 2. The van der Waals surface area contributed by atoms with Crippen LogP contribution in [0.5, 0.6) is 0 Å². The highest BCUT2D eigenvalue weighted by Gasteiger charge is 2.27. The normalized spacial score (nSPS) is 16.1. The number of hydrogen-bond donors (Lipinski definition) is 1. The first-order valence-corrected chi connectivity index (χ1v) is 11.3. The molecule has 0 atom stereocenters. The summed E-state index contributed by atoms with van der Waals surface area (Å²) in [6.45, 7) is 8.86. The molecule has 0 bridgehead atoms. The van der Waals surface area contributed by atoms with Crippen molar-refractivity contribution in [2.24, 2.45) is 4.99 Å². The maximum atomic E-state index is 4.99. The highest BCUT2D eigenvalue weighted by molar-refractivity contribution is 9.18. The van der Waals surface area contributed by atoms with Crippen molar-refractivity contribution >= 4 is 42.1 Å². The van der Waals surface area contributed by atoms with E-state index in [1.54, 1.807) is 0 Å². The number of nitrogens with one attached hydrogen (secondary N) is 1. The number of aromatic amines is 1. The summed E-state index contributed by atoms with van der Waals surface area (Å²) in [6.07, 6.45) is 3.94. The molecule has 1 aromatic heterocycles. The van der Waals surface area contributed by atoms with E-state index < -0.39 is 0 Å². The molecule has 0 unspecified atom stereocenters. The maximum absolute atomic E-state index is 4.99. The largest absolute Gasteiger partial charge is 0.349 e. The highest BCUT2D eigenvalue weighted by Crippen LogP contribution is 2.41. The Bertz CT molecular complexity index is 931. The molecule has 27 heavy (non-hydrogen) atoms. The Morgan fingerprint density at radius 2 is 1.48 bits per heavy atom. The van der Waals surface area contributed by atoms with Gasteiger partial charge in [0.1, 0.15) is 4.62 Å². The summed E-state index contributed by atoms with van der Waals surface area (Å²) >= 11 is 7.46. The van der Waals surface area contributed by atoms with Crippen molar-refractivity contribution in [3.8, 4) is 0 Å². The predicted molar refractivity (Wildman–Crippen MR) is 124 cm³/mol. The zero-order valence-corrected chi connectivity index (χ0v) is 19.6. The molecule has 0 radical (unpaired) electrons. The fourth-order valence-electron chi connectivity index (χ4n) is 3.97. The van der Waals surface area contributed by atoms with Crippen LogP contribution in [0.25, 0.3) is 5.57 Å². The van der Waals surface area contributed by atoms with Crippen molar-refractivity contribution in [1.29, 1.82) is 0 Å². The van der Waals surface area contributed by atoms with Gasteiger partial charge in [0.2, 0.25) is 0 Å². The molecule has 4 heteroatoms. The Balaban J connectivity index is 2.39. The van der Waals surface area contributed by atoms with Crippen molar-refractivity contribution in [3.63, 3.8) is 0 Å². The lowest BCUT2D eigenvalue weighted by molar-refractivity contribution is 1.04. The lowest BCUT2D eigenvalue weighted by Gasteiger charge is -2.14. The monoisotopic (exact) mass is 488 g/mol. The third kappa shape index (κ3) is 3.66. The number of aliphatic imine (C=N–C) groups is 1. The minimum absolute atomic E-state index is 0.970. The average molecular weight is 490 g/mol. The Morgan fingerprint density at radius 1 is 0.852 bits per heavy atom. The number of aromatic nitrogens is 1. The SMILES string of the molecule is CCC1=C(CC)/C(=C(/c2ccccc2)c2[nH]c(Br)c(CC)c2CC)N=C1Br. The van der Waals surface area contributed by atoms with E-state index in [0.29, 0.717) is 0 Å². The Labute approximate surface area is 179 Å². The zero-order chi connectivity index (χ0) is 19.6. The molecule has 1 aliphatic rings. The fraction of sp³-hybridized carbons (Fsp3) is 0.348. The van der Waals surface area contributed by atoms with Gasteiger partial charge in [0.15, 0.2) is 0 Å². The topological polar surface area (TPSA) is 28.1 Å². The van der Waals surface area contributed by atoms with Crippen molar-refractivity contribution < 1.29 is 0 Å². The van der Waals surface area contributed by atoms with Crippen LogP contribution >= 0.6 is 31.9 Å². The number of benzene rings is 1. The molecular weight excluding hydrogens is 464 g/mol. The van der Waals surface area contributed by atoms with E-state index in [1.165, 1.54) is 39.1 Å². The van der Waals surface area contributed by atoms with Crippen LogP contribution < -0.4 is 0 Å². The second kappa shape index (κ2) is 8.74. The van der Waals surface area contributed by atoms with Crippen molar-refractivity contribution in [2.45, 2.75) is 53.4 Å². The molecule has 2 heterocycles. The quantitative estimate of drug-likeness (QED) is 0.433. The van der Waals surface area contributed by atoms with Crippen LogP contribution in [-0.2, 0) is 12.8 Å². The molecule has 3 rings (SSSR count). The number of nitrogens with zero attached hydrogens (tertiary/aromatic N) is 1. The molecule has 2 nitrogen and oxygen atoms in total. The maximum Gasteiger partial charge on any atom is 0.110 e. The van der Waals surface area contributed by atoms with Crippen LogP contribution in [0.15, 0.2) is 56.8 Å². The number of halogens is 2. The van der Waals surface area contributed by atoms with Crippen LogP contribution in [0.2, 0.25) is 0 Å². The molecule has 0 amide bonds. The summed E-state index contributed by atoms with van der Waals surface area (Å²) in [5.41, 5.74) is 10.1. The standard InChI is InChI=1S/C23H26Br2N2/c1-5-15-17(7-3)22(24)26-20(15)19(14-12-10-9-11-13-14)21-16(6-2)18(8-4)23(25)27-21/h9-13,26H,5-8H2,1-4H3/b21-19+. The van der Waals surface area contributed by atoms with Gasteiger partial charge in [0.05, 0.1) is 16.0 Å². The van der Waals surface area contributed by atoms with Gasteiger partial charge in [-0.1, -0.05) is 58.0 Å². The Hall–Kier alpha value is -1.39. The van der Waals surface area contributed by atoms with Gasteiger partial charge < -0.3 is 4.98 Å². The van der Waals surface area contributed by atoms with E-state index in [9.17, 15) is 0 Å². The molecule has 0 aliphatic carbocycles. The van der Waals surface area contributed by atoms with Gasteiger partial charge in [-0.3, -0.25) is 0 Å². The van der Waals surface area contributed by atoms with Crippen LogP contribution in [0.1, 0.15) is 62.9 Å². The molecule has 0 saturated heterocycles. The molecule has 1 aliphatic heterocycles. The van der Waals surface area contributed by atoms with Gasteiger partial charge >= 0.3 is 0 Å². The van der Waals surface area contributed by atoms with Crippen molar-refractivity contribution in [2.75, 3.05) is 0 Å². The van der Waals surface area contributed by atoms with Gasteiger partial charge in [-0.05, 0) is 85.4 Å². The van der Waals surface area contributed by atoms with Crippen molar-refractivity contribution in [3.05, 3.63) is 74.2 Å². The molecule has 142 valence electrons. The molecular formula is C23H26Br2N2. The first-order valence-electron chi connectivity index (χ1n) is 9.73. The van der Waals surface area contributed by atoms with Crippen LogP contribution in [0.3, 0.4) is 0 Å².